The Labute approximate surface area is 126 Å². The maximum atomic E-state index is 12.6. The molecule has 2 aromatic rings. The first-order chi connectivity index (χ1) is 10.5. The van der Waals surface area contributed by atoms with Gasteiger partial charge in [-0.2, -0.15) is 5.01 Å². The van der Waals surface area contributed by atoms with Gasteiger partial charge in [-0.3, -0.25) is 9.59 Å². The summed E-state index contributed by atoms with van der Waals surface area (Å²) in [6, 6.07) is 5.50. The monoisotopic (exact) mass is 297 g/mol. The maximum absolute atomic E-state index is 12.6. The van der Waals surface area contributed by atoms with Gasteiger partial charge in [0.05, 0.1) is 5.52 Å². The van der Waals surface area contributed by atoms with Crippen LogP contribution < -0.4 is 5.43 Å². The van der Waals surface area contributed by atoms with Gasteiger partial charge in [0.1, 0.15) is 5.56 Å². The van der Waals surface area contributed by atoms with E-state index < -0.39 is 0 Å². The molecule has 0 fully saturated rings. The van der Waals surface area contributed by atoms with Crippen molar-refractivity contribution >= 4 is 22.7 Å². The number of aromatic nitrogens is 1. The molecule has 0 bridgehead atoms. The molecule has 1 aromatic carbocycles. The second kappa shape index (κ2) is 5.14. The summed E-state index contributed by atoms with van der Waals surface area (Å²) in [7, 11) is 0. The van der Waals surface area contributed by atoms with Crippen LogP contribution in [-0.2, 0) is 9.53 Å². The number of allylic oxidation sites excluding steroid dienone is 1. The van der Waals surface area contributed by atoms with Gasteiger partial charge < -0.3 is 9.72 Å². The fraction of sp³-hybridized carbons (Fsp3) is 0.188. The summed E-state index contributed by atoms with van der Waals surface area (Å²) in [6.07, 6.45) is 3.19. The minimum Gasteiger partial charge on any atom is -0.418 e. The molecule has 2 heterocycles. The molecule has 1 aromatic heterocycles. The number of nitrogens with zero attached hydrogens (tertiary/aromatic N) is 2. The zero-order valence-corrected chi connectivity index (χ0v) is 12.5. The number of amides is 1. The van der Waals surface area contributed by atoms with Gasteiger partial charge in [-0.05, 0) is 31.6 Å². The Morgan fingerprint density at radius 3 is 2.82 bits per heavy atom. The summed E-state index contributed by atoms with van der Waals surface area (Å²) in [4.78, 5) is 27.3. The summed E-state index contributed by atoms with van der Waals surface area (Å²) in [5, 5.41) is 5.79. The number of hydrogen-bond donors (Lipinski definition) is 1. The van der Waals surface area contributed by atoms with Crippen molar-refractivity contribution in [2.45, 2.75) is 20.8 Å². The van der Waals surface area contributed by atoms with Gasteiger partial charge in [0.25, 0.3) is 5.90 Å². The number of nitrogens with one attached hydrogen (secondary N) is 1. The van der Waals surface area contributed by atoms with E-state index in [4.69, 9.17) is 4.74 Å². The average molecular weight is 297 g/mol. The molecule has 1 N–H and O–H groups in total. The van der Waals surface area contributed by atoms with Crippen LogP contribution in [0.4, 0.5) is 0 Å². The Kier molecular flexibility index (Phi) is 3.29. The van der Waals surface area contributed by atoms with Gasteiger partial charge in [0, 0.05) is 18.5 Å². The van der Waals surface area contributed by atoms with E-state index >= 15 is 0 Å². The lowest BCUT2D eigenvalue weighted by Crippen LogP contribution is -2.18. The van der Waals surface area contributed by atoms with E-state index in [1.165, 1.54) is 6.92 Å². The molecule has 0 radical (unpaired) electrons. The minimum absolute atomic E-state index is 0.118. The Morgan fingerprint density at radius 2 is 2.18 bits per heavy atom. The highest BCUT2D eigenvalue weighted by Gasteiger charge is 2.27. The quantitative estimate of drug-likeness (QED) is 0.877. The molecule has 112 valence electrons. The average Bonchev–Trinajstić information content (AvgIpc) is 2.93. The summed E-state index contributed by atoms with van der Waals surface area (Å²) in [5.74, 6) is 0.135. The Balaban J connectivity index is 2.16. The van der Waals surface area contributed by atoms with Crippen LogP contribution in [0.15, 0.2) is 46.3 Å². The topological polar surface area (TPSA) is 74.8 Å². The second-order valence-electron chi connectivity index (χ2n) is 4.99. The zero-order valence-electron chi connectivity index (χ0n) is 12.5. The predicted molar refractivity (Wildman–Crippen MR) is 83.2 cm³/mol. The van der Waals surface area contributed by atoms with E-state index in [2.05, 4.69) is 10.1 Å². The molecule has 0 aliphatic carbocycles. The van der Waals surface area contributed by atoms with Crippen molar-refractivity contribution in [2.75, 3.05) is 0 Å². The number of para-hydroxylation sites is 1. The SMILES string of the molecule is C/C=C1/OC(c2c[nH]c3c(C)cccc3c2=O)=NN1C(C)=O. The molecule has 1 amide bonds. The van der Waals surface area contributed by atoms with Crippen molar-refractivity contribution in [1.82, 2.24) is 9.99 Å². The molecule has 0 unspecified atom stereocenters. The number of aryl methyl sites for hydroxylation is 1. The number of fused-ring (bicyclic) bond motifs is 1. The fourth-order valence-electron chi connectivity index (χ4n) is 2.38. The first-order valence-electron chi connectivity index (χ1n) is 6.87. The number of pyridine rings is 1. The van der Waals surface area contributed by atoms with Crippen molar-refractivity contribution in [3.63, 3.8) is 0 Å². The molecule has 3 rings (SSSR count). The zero-order chi connectivity index (χ0) is 15.9. The molecule has 0 atom stereocenters. The van der Waals surface area contributed by atoms with E-state index in [0.717, 1.165) is 16.1 Å². The van der Waals surface area contributed by atoms with Gasteiger partial charge >= 0.3 is 0 Å². The molecular formula is C16H15N3O3. The maximum Gasteiger partial charge on any atom is 0.251 e. The lowest BCUT2D eigenvalue weighted by atomic mass is 10.1. The Bertz CT molecular complexity index is 893. The van der Waals surface area contributed by atoms with Crippen LogP contribution in [-0.4, -0.2) is 21.8 Å². The number of hydrogen-bond acceptors (Lipinski definition) is 4. The number of H-pyrrole nitrogens is 1. The van der Waals surface area contributed by atoms with Gasteiger partial charge in [-0.15, -0.1) is 5.10 Å². The van der Waals surface area contributed by atoms with E-state index in [0.29, 0.717) is 16.8 Å². The van der Waals surface area contributed by atoms with Gasteiger partial charge in [0.15, 0.2) is 0 Å². The molecule has 0 saturated heterocycles. The number of carbonyl (C=O) groups excluding carboxylic acids is 1. The predicted octanol–water partition coefficient (Wildman–Crippen LogP) is 2.24. The van der Waals surface area contributed by atoms with E-state index in [1.54, 1.807) is 25.3 Å². The number of benzene rings is 1. The standard InChI is InChI=1S/C16H15N3O3/c1-4-13-19(10(3)20)18-16(22-13)12-8-17-14-9(2)6-5-7-11(14)15(12)21/h4-8H,1-3H3,(H,17,21)/b13-4+. The normalized spacial score (nSPS) is 16.0. The number of ether oxygens (including phenoxy) is 1. The third kappa shape index (κ3) is 2.09. The Morgan fingerprint density at radius 1 is 1.41 bits per heavy atom. The van der Waals surface area contributed by atoms with E-state index in [1.807, 2.05) is 19.1 Å². The van der Waals surface area contributed by atoms with Crippen molar-refractivity contribution in [2.24, 2.45) is 5.10 Å². The molecule has 6 nitrogen and oxygen atoms in total. The molecular weight excluding hydrogens is 282 g/mol. The van der Waals surface area contributed by atoms with Gasteiger partial charge in [-0.25, -0.2) is 0 Å². The first-order valence-corrected chi connectivity index (χ1v) is 6.87. The summed E-state index contributed by atoms with van der Waals surface area (Å²) in [6.45, 7) is 5.04. The first kappa shape index (κ1) is 14.1. The van der Waals surface area contributed by atoms with Crippen LogP contribution >= 0.6 is 0 Å². The fourth-order valence-corrected chi connectivity index (χ4v) is 2.38. The van der Waals surface area contributed by atoms with Crippen molar-refractivity contribution in [3.8, 4) is 0 Å². The van der Waals surface area contributed by atoms with Crippen LogP contribution in [0, 0.1) is 6.92 Å². The van der Waals surface area contributed by atoms with Crippen LogP contribution in [0.5, 0.6) is 0 Å². The lowest BCUT2D eigenvalue weighted by Gasteiger charge is -2.07. The smallest absolute Gasteiger partial charge is 0.251 e. The third-order valence-corrected chi connectivity index (χ3v) is 3.50. The highest BCUT2D eigenvalue weighted by atomic mass is 16.5. The molecule has 0 spiro atoms. The molecule has 0 saturated carbocycles. The van der Waals surface area contributed by atoms with Gasteiger partial charge in [0.2, 0.25) is 17.2 Å². The summed E-state index contributed by atoms with van der Waals surface area (Å²) < 4.78 is 5.53. The number of carbonyl (C=O) groups is 1. The highest BCUT2D eigenvalue weighted by Crippen LogP contribution is 2.20. The van der Waals surface area contributed by atoms with Crippen LogP contribution in [0.2, 0.25) is 0 Å². The highest BCUT2D eigenvalue weighted by molar-refractivity contribution is 5.99. The molecule has 1 aliphatic heterocycles. The van der Waals surface area contributed by atoms with E-state index in [9.17, 15) is 9.59 Å². The number of rotatable bonds is 1. The number of aromatic amines is 1. The van der Waals surface area contributed by atoms with Crippen molar-refractivity contribution in [1.29, 1.82) is 0 Å². The Hall–Kier alpha value is -2.89. The largest absolute Gasteiger partial charge is 0.418 e. The lowest BCUT2D eigenvalue weighted by molar-refractivity contribution is -0.127. The van der Waals surface area contributed by atoms with Crippen LogP contribution in [0.3, 0.4) is 0 Å². The van der Waals surface area contributed by atoms with Crippen LogP contribution in [0.1, 0.15) is 25.0 Å². The third-order valence-electron chi connectivity index (χ3n) is 3.50. The van der Waals surface area contributed by atoms with Crippen LogP contribution in [0.25, 0.3) is 10.9 Å². The van der Waals surface area contributed by atoms with Crippen molar-refractivity contribution < 1.29 is 9.53 Å². The second-order valence-corrected chi connectivity index (χ2v) is 4.99. The van der Waals surface area contributed by atoms with E-state index in [-0.39, 0.29) is 17.2 Å². The molecule has 6 heteroatoms. The molecule has 1 aliphatic rings. The summed E-state index contributed by atoms with van der Waals surface area (Å²) >= 11 is 0. The summed E-state index contributed by atoms with van der Waals surface area (Å²) in [5.41, 5.74) is 1.87. The molecule has 22 heavy (non-hydrogen) atoms. The number of hydrazone groups is 1. The minimum atomic E-state index is -0.281. The van der Waals surface area contributed by atoms with Gasteiger partial charge in [-0.1, -0.05) is 12.1 Å². The van der Waals surface area contributed by atoms with Crippen molar-refractivity contribution in [3.05, 3.63) is 57.7 Å².